The van der Waals surface area contributed by atoms with Gasteiger partial charge in [-0.25, -0.2) is 0 Å². The zero-order valence-corrected chi connectivity index (χ0v) is 16.4. The molecule has 2 aliphatic rings. The minimum atomic E-state index is -0.0956. The molecule has 1 unspecified atom stereocenters. The van der Waals surface area contributed by atoms with Crippen LogP contribution in [0.25, 0.3) is 0 Å². The summed E-state index contributed by atoms with van der Waals surface area (Å²) in [6.07, 6.45) is 1.000. The molecule has 5 heteroatoms. The van der Waals surface area contributed by atoms with Crippen molar-refractivity contribution < 1.29 is 9.59 Å². The highest BCUT2D eigenvalue weighted by Gasteiger charge is 2.32. The van der Waals surface area contributed by atoms with Crippen LogP contribution in [0.5, 0.6) is 0 Å². The van der Waals surface area contributed by atoms with Gasteiger partial charge in [0.2, 0.25) is 0 Å². The molecule has 2 aromatic carbocycles. The summed E-state index contributed by atoms with van der Waals surface area (Å²) in [5.74, 6) is -0.129. The molecular weight excluding hydrogens is 350 g/mol. The summed E-state index contributed by atoms with van der Waals surface area (Å²) in [5.41, 5.74) is 2.72. The topological polar surface area (TPSA) is 52.7 Å². The first-order valence-electron chi connectivity index (χ1n) is 10.1. The summed E-state index contributed by atoms with van der Waals surface area (Å²) in [7, 11) is 0. The van der Waals surface area contributed by atoms with E-state index >= 15 is 0 Å². The summed E-state index contributed by atoms with van der Waals surface area (Å²) >= 11 is 0. The van der Waals surface area contributed by atoms with Gasteiger partial charge in [0.05, 0.1) is 5.56 Å². The predicted octanol–water partition coefficient (Wildman–Crippen LogP) is 2.35. The van der Waals surface area contributed by atoms with Crippen LogP contribution in [-0.4, -0.2) is 66.8 Å². The second-order valence-corrected chi connectivity index (χ2v) is 7.72. The van der Waals surface area contributed by atoms with Gasteiger partial charge in [0.15, 0.2) is 5.78 Å². The third-order valence-corrected chi connectivity index (χ3v) is 5.83. The number of benzene rings is 2. The molecule has 5 nitrogen and oxygen atoms in total. The summed E-state index contributed by atoms with van der Waals surface area (Å²) in [4.78, 5) is 30.6. The highest BCUT2D eigenvalue weighted by Crippen LogP contribution is 2.22. The Bertz CT molecular complexity index is 856. The van der Waals surface area contributed by atoms with Crippen LogP contribution in [0.15, 0.2) is 48.5 Å². The van der Waals surface area contributed by atoms with Crippen LogP contribution in [0, 0.1) is 6.92 Å². The van der Waals surface area contributed by atoms with E-state index in [9.17, 15) is 9.59 Å². The Morgan fingerprint density at radius 2 is 1.61 bits per heavy atom. The van der Waals surface area contributed by atoms with Gasteiger partial charge < -0.3 is 10.2 Å². The Morgan fingerprint density at radius 1 is 0.929 bits per heavy atom. The molecule has 1 amide bonds. The van der Waals surface area contributed by atoms with E-state index in [0.717, 1.165) is 51.3 Å². The van der Waals surface area contributed by atoms with Gasteiger partial charge in [-0.3, -0.25) is 14.5 Å². The zero-order chi connectivity index (χ0) is 19.5. The molecular formula is C23H27N3O2. The van der Waals surface area contributed by atoms with Crippen molar-refractivity contribution in [3.63, 3.8) is 0 Å². The number of hydrogen-bond acceptors (Lipinski definition) is 4. The number of aryl methyl sites for hydroxylation is 1. The van der Waals surface area contributed by atoms with Gasteiger partial charge in [0, 0.05) is 56.4 Å². The minimum Gasteiger partial charge on any atom is -0.337 e. The number of carbonyl (C=O) groups is 2. The largest absolute Gasteiger partial charge is 0.337 e. The van der Waals surface area contributed by atoms with Crippen molar-refractivity contribution in [3.05, 3.63) is 70.8 Å². The van der Waals surface area contributed by atoms with Crippen LogP contribution in [0.2, 0.25) is 0 Å². The molecule has 1 N–H and O–H groups in total. The second kappa shape index (κ2) is 8.25. The summed E-state index contributed by atoms with van der Waals surface area (Å²) < 4.78 is 0. The lowest BCUT2D eigenvalue weighted by Gasteiger charge is -2.32. The van der Waals surface area contributed by atoms with E-state index < -0.39 is 0 Å². The smallest absolute Gasteiger partial charge is 0.254 e. The summed E-state index contributed by atoms with van der Waals surface area (Å²) in [6, 6.07) is 15.1. The molecule has 28 heavy (non-hydrogen) atoms. The monoisotopic (exact) mass is 377 g/mol. The van der Waals surface area contributed by atoms with Crippen LogP contribution >= 0.6 is 0 Å². The Hall–Kier alpha value is -2.50. The molecule has 0 bridgehead atoms. The lowest BCUT2D eigenvalue weighted by Crippen LogP contribution is -2.49. The Labute approximate surface area is 166 Å². The molecule has 2 saturated heterocycles. The van der Waals surface area contributed by atoms with Crippen molar-refractivity contribution in [2.24, 2.45) is 0 Å². The van der Waals surface area contributed by atoms with Crippen LogP contribution in [-0.2, 0) is 0 Å². The summed E-state index contributed by atoms with van der Waals surface area (Å²) in [5, 5.41) is 3.38. The fraction of sp³-hybridized carbons (Fsp3) is 0.391. The van der Waals surface area contributed by atoms with Gasteiger partial charge in [-0.05, 0) is 19.4 Å². The Balaban J connectivity index is 1.52. The van der Waals surface area contributed by atoms with E-state index in [1.54, 1.807) is 12.1 Å². The molecule has 0 spiro atoms. The maximum absolute atomic E-state index is 13.2. The van der Waals surface area contributed by atoms with E-state index in [1.807, 2.05) is 48.2 Å². The van der Waals surface area contributed by atoms with Crippen molar-refractivity contribution in [1.82, 2.24) is 15.1 Å². The van der Waals surface area contributed by atoms with E-state index in [1.165, 1.54) is 0 Å². The second-order valence-electron chi connectivity index (χ2n) is 7.72. The third-order valence-electron chi connectivity index (χ3n) is 5.83. The Kier molecular flexibility index (Phi) is 5.55. The zero-order valence-electron chi connectivity index (χ0n) is 16.4. The molecule has 1 atom stereocenters. The molecule has 146 valence electrons. The molecule has 0 aliphatic carbocycles. The van der Waals surface area contributed by atoms with Crippen LogP contribution < -0.4 is 5.32 Å². The van der Waals surface area contributed by atoms with Gasteiger partial charge in [-0.1, -0.05) is 48.0 Å². The number of likely N-dealkylation sites (tertiary alicyclic amines) is 1. The van der Waals surface area contributed by atoms with Gasteiger partial charge in [-0.2, -0.15) is 0 Å². The SMILES string of the molecule is Cc1ccc(C(=O)c2ccccc2C(=O)N2CCC(N3CCNCC3)C2)cc1. The number of piperazine rings is 1. The quantitative estimate of drug-likeness (QED) is 0.831. The van der Waals surface area contributed by atoms with Crippen molar-refractivity contribution in [2.45, 2.75) is 19.4 Å². The number of rotatable bonds is 4. The molecule has 0 saturated carbocycles. The lowest BCUT2D eigenvalue weighted by atomic mass is 9.97. The van der Waals surface area contributed by atoms with Crippen LogP contribution in [0.4, 0.5) is 0 Å². The fourth-order valence-electron chi connectivity index (χ4n) is 4.17. The molecule has 2 fully saturated rings. The number of nitrogens with zero attached hydrogens (tertiary/aromatic N) is 2. The van der Waals surface area contributed by atoms with E-state index in [4.69, 9.17) is 0 Å². The normalized spacial score (nSPS) is 20.3. The molecule has 2 heterocycles. The molecule has 4 rings (SSSR count). The first-order valence-corrected chi connectivity index (χ1v) is 10.1. The maximum atomic E-state index is 13.2. The molecule has 0 radical (unpaired) electrons. The van der Waals surface area contributed by atoms with E-state index in [0.29, 0.717) is 22.7 Å². The van der Waals surface area contributed by atoms with Gasteiger partial charge in [-0.15, -0.1) is 0 Å². The number of nitrogens with one attached hydrogen (secondary N) is 1. The third kappa shape index (κ3) is 3.86. The lowest BCUT2D eigenvalue weighted by molar-refractivity contribution is 0.0769. The van der Waals surface area contributed by atoms with Gasteiger partial charge in [0.25, 0.3) is 5.91 Å². The number of hydrogen-bond donors (Lipinski definition) is 1. The molecule has 2 aromatic rings. The first kappa shape index (κ1) is 18.8. The van der Waals surface area contributed by atoms with Crippen LogP contribution in [0.1, 0.15) is 38.3 Å². The number of amides is 1. The fourth-order valence-corrected chi connectivity index (χ4v) is 4.17. The average molecular weight is 377 g/mol. The highest BCUT2D eigenvalue weighted by molar-refractivity contribution is 6.15. The average Bonchev–Trinajstić information content (AvgIpc) is 3.24. The van der Waals surface area contributed by atoms with Gasteiger partial charge >= 0.3 is 0 Å². The van der Waals surface area contributed by atoms with Crippen LogP contribution in [0.3, 0.4) is 0 Å². The minimum absolute atomic E-state index is 0.0336. The number of ketones is 1. The molecule has 2 aliphatic heterocycles. The highest BCUT2D eigenvalue weighted by atomic mass is 16.2. The standard InChI is InChI=1S/C23H27N3O2/c1-17-6-8-18(9-7-17)22(27)20-4-2-3-5-21(20)23(28)26-13-10-19(16-26)25-14-11-24-12-15-25/h2-9,19,24H,10-16H2,1H3. The predicted molar refractivity (Wildman–Crippen MR) is 110 cm³/mol. The van der Waals surface area contributed by atoms with Crippen molar-refractivity contribution in [3.8, 4) is 0 Å². The van der Waals surface area contributed by atoms with E-state index in [2.05, 4.69) is 10.2 Å². The van der Waals surface area contributed by atoms with Crippen molar-refractivity contribution in [2.75, 3.05) is 39.3 Å². The van der Waals surface area contributed by atoms with Gasteiger partial charge in [0.1, 0.15) is 0 Å². The van der Waals surface area contributed by atoms with Crippen molar-refractivity contribution in [1.29, 1.82) is 0 Å². The van der Waals surface area contributed by atoms with E-state index in [-0.39, 0.29) is 11.7 Å². The summed E-state index contributed by atoms with van der Waals surface area (Å²) in [6.45, 7) is 7.58. The number of carbonyl (C=O) groups excluding carboxylic acids is 2. The van der Waals surface area contributed by atoms with Crippen molar-refractivity contribution >= 4 is 11.7 Å². The molecule has 0 aromatic heterocycles. The first-order chi connectivity index (χ1) is 13.6. The Morgan fingerprint density at radius 3 is 2.32 bits per heavy atom. The maximum Gasteiger partial charge on any atom is 0.254 e.